The van der Waals surface area contributed by atoms with Crippen molar-refractivity contribution in [2.75, 3.05) is 39.4 Å². The molecular weight excluding hydrogens is 304 g/mol. The number of nitrogens with zero attached hydrogens (tertiary/aromatic N) is 4. The number of furan rings is 1. The van der Waals surface area contributed by atoms with Crippen LogP contribution in [-0.4, -0.2) is 58.7 Å². The van der Waals surface area contributed by atoms with Gasteiger partial charge in [-0.15, -0.1) is 0 Å². The molecule has 4 rings (SSSR count). The van der Waals surface area contributed by atoms with Crippen LogP contribution in [0.25, 0.3) is 0 Å². The van der Waals surface area contributed by atoms with E-state index in [1.165, 1.54) is 6.42 Å². The van der Waals surface area contributed by atoms with Crippen LogP contribution in [-0.2, 0) is 24.9 Å². The van der Waals surface area contributed by atoms with E-state index in [0.717, 1.165) is 64.1 Å². The number of ether oxygens (including phenoxy) is 1. The van der Waals surface area contributed by atoms with Gasteiger partial charge in [-0.25, -0.2) is 4.98 Å². The molecule has 0 aliphatic carbocycles. The molecule has 130 valence electrons. The second-order valence-corrected chi connectivity index (χ2v) is 7.26. The highest BCUT2D eigenvalue weighted by Crippen LogP contribution is 2.34. The summed E-state index contributed by atoms with van der Waals surface area (Å²) in [7, 11) is 2.06. The van der Waals surface area contributed by atoms with Gasteiger partial charge in [-0.1, -0.05) is 0 Å². The van der Waals surface area contributed by atoms with E-state index in [0.29, 0.717) is 0 Å². The Morgan fingerprint density at radius 1 is 1.21 bits per heavy atom. The minimum Gasteiger partial charge on any atom is -0.468 e. The molecule has 0 unspecified atom stereocenters. The fraction of sp³-hybridized carbons (Fsp3) is 0.611. The Kier molecular flexibility index (Phi) is 4.43. The van der Waals surface area contributed by atoms with Crippen molar-refractivity contribution in [1.82, 2.24) is 19.4 Å². The first kappa shape index (κ1) is 15.9. The summed E-state index contributed by atoms with van der Waals surface area (Å²) in [6.07, 6.45) is 6.83. The molecule has 2 fully saturated rings. The lowest BCUT2D eigenvalue weighted by Gasteiger charge is -2.31. The molecule has 6 nitrogen and oxygen atoms in total. The van der Waals surface area contributed by atoms with E-state index in [1.807, 2.05) is 18.5 Å². The smallest absolute Gasteiger partial charge is 0.122 e. The normalized spacial score (nSPS) is 26.2. The van der Waals surface area contributed by atoms with Crippen LogP contribution >= 0.6 is 0 Å². The van der Waals surface area contributed by atoms with Crippen molar-refractivity contribution in [2.24, 2.45) is 12.5 Å². The predicted octanol–water partition coefficient (Wildman–Crippen LogP) is 1.74. The number of aromatic nitrogens is 2. The maximum absolute atomic E-state index is 5.97. The molecule has 4 heterocycles. The van der Waals surface area contributed by atoms with E-state index >= 15 is 0 Å². The summed E-state index contributed by atoms with van der Waals surface area (Å²) < 4.78 is 13.6. The van der Waals surface area contributed by atoms with Gasteiger partial charge in [-0.2, -0.15) is 0 Å². The second kappa shape index (κ2) is 6.70. The minimum absolute atomic E-state index is 0.230. The number of hydrogen-bond acceptors (Lipinski definition) is 5. The van der Waals surface area contributed by atoms with Gasteiger partial charge in [0.1, 0.15) is 11.6 Å². The second-order valence-electron chi connectivity index (χ2n) is 7.26. The van der Waals surface area contributed by atoms with Crippen LogP contribution in [0.1, 0.15) is 18.0 Å². The predicted molar refractivity (Wildman–Crippen MR) is 90.3 cm³/mol. The molecule has 2 aliphatic heterocycles. The Hall–Kier alpha value is -1.63. The summed E-state index contributed by atoms with van der Waals surface area (Å²) in [5.74, 6) is 2.17. The lowest BCUT2D eigenvalue weighted by Crippen LogP contribution is -2.40. The maximum atomic E-state index is 5.97. The number of imidazole rings is 1. The Morgan fingerprint density at radius 3 is 2.83 bits per heavy atom. The third kappa shape index (κ3) is 3.41. The lowest BCUT2D eigenvalue weighted by molar-refractivity contribution is 0.0701. The Labute approximate surface area is 143 Å². The Morgan fingerprint density at radius 2 is 2.08 bits per heavy atom. The first-order chi connectivity index (χ1) is 11.7. The minimum atomic E-state index is 0.230. The molecule has 24 heavy (non-hydrogen) atoms. The van der Waals surface area contributed by atoms with Crippen LogP contribution in [0.15, 0.2) is 35.2 Å². The monoisotopic (exact) mass is 330 g/mol. The topological polar surface area (TPSA) is 46.7 Å². The molecule has 6 heteroatoms. The van der Waals surface area contributed by atoms with Crippen LogP contribution in [0.3, 0.4) is 0 Å². The zero-order valence-electron chi connectivity index (χ0n) is 14.4. The summed E-state index contributed by atoms with van der Waals surface area (Å²) in [6.45, 7) is 7.70. The first-order valence-corrected chi connectivity index (χ1v) is 8.74. The summed E-state index contributed by atoms with van der Waals surface area (Å²) in [4.78, 5) is 9.46. The van der Waals surface area contributed by atoms with Crippen molar-refractivity contribution in [3.63, 3.8) is 0 Å². The zero-order chi connectivity index (χ0) is 16.4. The van der Waals surface area contributed by atoms with E-state index in [9.17, 15) is 0 Å². The molecule has 0 amide bonds. The van der Waals surface area contributed by atoms with Crippen LogP contribution in [0, 0.1) is 5.41 Å². The SMILES string of the molecule is Cn1ccnc1CN1CC[C@@]2(COCCN(Cc3ccco3)C2)C1. The van der Waals surface area contributed by atoms with Gasteiger partial charge < -0.3 is 13.7 Å². The zero-order valence-corrected chi connectivity index (χ0v) is 14.4. The highest BCUT2D eigenvalue weighted by molar-refractivity contribution is 5.01. The van der Waals surface area contributed by atoms with Crippen molar-refractivity contribution in [1.29, 1.82) is 0 Å². The number of likely N-dealkylation sites (tertiary alicyclic amines) is 1. The van der Waals surface area contributed by atoms with Gasteiger partial charge in [0.2, 0.25) is 0 Å². The fourth-order valence-corrected chi connectivity index (χ4v) is 4.00. The maximum Gasteiger partial charge on any atom is 0.122 e. The van der Waals surface area contributed by atoms with E-state index < -0.39 is 0 Å². The van der Waals surface area contributed by atoms with Crippen molar-refractivity contribution in [3.05, 3.63) is 42.4 Å². The largest absolute Gasteiger partial charge is 0.468 e. The Bertz CT molecular complexity index is 654. The standard InChI is InChI=1S/C18H26N4O2/c1-20-7-5-19-17(20)12-21-6-4-18(13-21)14-22(8-10-23-15-18)11-16-3-2-9-24-16/h2-3,5,7,9H,4,6,8,10-15H2,1H3/t18-/m1/s1. The first-order valence-electron chi connectivity index (χ1n) is 8.74. The van der Waals surface area contributed by atoms with Crippen molar-refractivity contribution in [2.45, 2.75) is 19.5 Å². The molecule has 1 atom stereocenters. The van der Waals surface area contributed by atoms with E-state index in [4.69, 9.17) is 9.15 Å². The van der Waals surface area contributed by atoms with Crippen LogP contribution in [0.5, 0.6) is 0 Å². The average molecular weight is 330 g/mol. The van der Waals surface area contributed by atoms with Gasteiger partial charge in [0.05, 0.1) is 32.6 Å². The summed E-state index contributed by atoms with van der Waals surface area (Å²) in [6, 6.07) is 4.02. The molecule has 2 aliphatic rings. The molecule has 0 saturated carbocycles. The average Bonchev–Trinajstić information content (AvgIpc) is 3.26. The van der Waals surface area contributed by atoms with Crippen LogP contribution in [0.2, 0.25) is 0 Å². The van der Waals surface area contributed by atoms with Gasteiger partial charge in [-0.05, 0) is 25.1 Å². The van der Waals surface area contributed by atoms with Crippen molar-refractivity contribution in [3.8, 4) is 0 Å². The molecular formula is C18H26N4O2. The van der Waals surface area contributed by atoms with E-state index in [2.05, 4.69) is 32.5 Å². The lowest BCUT2D eigenvalue weighted by atomic mass is 9.87. The molecule has 0 N–H and O–H groups in total. The van der Waals surface area contributed by atoms with E-state index in [-0.39, 0.29) is 5.41 Å². The van der Waals surface area contributed by atoms with Crippen molar-refractivity contribution < 1.29 is 9.15 Å². The van der Waals surface area contributed by atoms with Gasteiger partial charge in [-0.3, -0.25) is 9.80 Å². The number of rotatable bonds is 4. The summed E-state index contributed by atoms with van der Waals surface area (Å²) in [5, 5.41) is 0. The highest BCUT2D eigenvalue weighted by Gasteiger charge is 2.41. The van der Waals surface area contributed by atoms with Gasteiger partial charge in [0, 0.05) is 44.5 Å². The molecule has 0 aromatic carbocycles. The van der Waals surface area contributed by atoms with Gasteiger partial charge >= 0.3 is 0 Å². The van der Waals surface area contributed by atoms with Crippen LogP contribution in [0.4, 0.5) is 0 Å². The molecule has 0 radical (unpaired) electrons. The molecule has 1 spiro atoms. The number of aryl methyl sites for hydroxylation is 1. The molecule has 0 bridgehead atoms. The molecule has 2 aromatic heterocycles. The third-order valence-corrected chi connectivity index (χ3v) is 5.28. The Balaban J connectivity index is 1.41. The van der Waals surface area contributed by atoms with Crippen molar-refractivity contribution >= 4 is 0 Å². The van der Waals surface area contributed by atoms with Crippen LogP contribution < -0.4 is 0 Å². The highest BCUT2D eigenvalue weighted by atomic mass is 16.5. The third-order valence-electron chi connectivity index (χ3n) is 5.28. The van der Waals surface area contributed by atoms with Gasteiger partial charge in [0.15, 0.2) is 0 Å². The quantitative estimate of drug-likeness (QED) is 0.854. The summed E-state index contributed by atoms with van der Waals surface area (Å²) >= 11 is 0. The van der Waals surface area contributed by atoms with E-state index in [1.54, 1.807) is 6.26 Å². The number of hydrogen-bond donors (Lipinski definition) is 0. The molecule has 2 aromatic rings. The van der Waals surface area contributed by atoms with Gasteiger partial charge in [0.25, 0.3) is 0 Å². The molecule has 2 saturated heterocycles. The fourth-order valence-electron chi connectivity index (χ4n) is 4.00. The summed E-state index contributed by atoms with van der Waals surface area (Å²) in [5.41, 5.74) is 0.230.